The molecule has 0 heterocycles. The topological polar surface area (TPSA) is 24.1 Å². The molecule has 0 saturated heterocycles. The van der Waals surface area contributed by atoms with E-state index in [1.54, 1.807) is 0 Å². The molecule has 12 heavy (non-hydrogen) atoms. The van der Waals surface area contributed by atoms with E-state index in [1.807, 2.05) is 0 Å². The predicted molar refractivity (Wildman–Crippen MR) is 58.7 cm³/mol. The zero-order valence-corrected chi connectivity index (χ0v) is 9.72. The molecular weight excluding hydrogens is 164 g/mol. The van der Waals surface area contributed by atoms with Crippen LogP contribution in [0.25, 0.3) is 0 Å². The van der Waals surface area contributed by atoms with Crippen LogP contribution in [0, 0.1) is 0 Å². The van der Waals surface area contributed by atoms with Gasteiger partial charge >= 0.3 is 0 Å². The van der Waals surface area contributed by atoms with Crippen molar-refractivity contribution >= 4 is 8.96 Å². The Balaban J connectivity index is 3.59. The molecule has 0 aliphatic rings. The molecule has 0 aliphatic heterocycles. The molecule has 0 spiro atoms. The van der Waals surface area contributed by atoms with Gasteiger partial charge in [-0.05, 0) is 12.1 Å². The maximum Gasteiger partial charge on any atom is 0.136 e. The zero-order valence-electron chi connectivity index (χ0n) is 8.56. The molecule has 0 aromatic rings. The molecule has 3 heteroatoms. The van der Waals surface area contributed by atoms with Crippen LogP contribution in [-0.4, -0.2) is 22.2 Å². The Bertz CT molecular complexity index is 117. The maximum atomic E-state index is 3.88. The van der Waals surface area contributed by atoms with Crippen LogP contribution >= 0.6 is 0 Å². The molecule has 0 rings (SSSR count). The first kappa shape index (κ1) is 11.9. The van der Waals surface area contributed by atoms with E-state index in [-0.39, 0.29) is 0 Å². The van der Waals surface area contributed by atoms with E-state index in [0.29, 0.717) is 0 Å². The fraction of sp³-hybridized carbons (Fsp3) is 0.778. The number of nitrogens with one attached hydrogen (secondary N) is 2. The monoisotopic (exact) mass is 186 g/mol. The van der Waals surface area contributed by atoms with Gasteiger partial charge in [0.05, 0.1) is 0 Å². The van der Waals surface area contributed by atoms with Gasteiger partial charge in [-0.15, -0.1) is 6.58 Å². The summed E-state index contributed by atoms with van der Waals surface area (Å²) in [4.78, 5) is 3.53. The van der Waals surface area contributed by atoms with Crippen LogP contribution in [-0.2, 0) is 0 Å². The summed E-state index contributed by atoms with van der Waals surface area (Å²) in [5, 5.41) is 3.27. The Morgan fingerprint density at radius 3 is 2.58 bits per heavy atom. The quantitative estimate of drug-likeness (QED) is 0.357. The van der Waals surface area contributed by atoms with Crippen molar-refractivity contribution in [3.63, 3.8) is 0 Å². The Labute approximate surface area is 78.1 Å². The second-order valence-corrected chi connectivity index (χ2v) is 6.20. The first-order valence-corrected chi connectivity index (χ1v) is 6.73. The van der Waals surface area contributed by atoms with Crippen LogP contribution in [0.5, 0.6) is 0 Å². The van der Waals surface area contributed by atoms with Crippen molar-refractivity contribution in [2.45, 2.75) is 32.7 Å². The van der Waals surface area contributed by atoms with Crippen LogP contribution in [0.2, 0.25) is 5.54 Å². The van der Waals surface area contributed by atoms with Crippen molar-refractivity contribution in [1.82, 2.24) is 10.3 Å². The summed E-state index contributed by atoms with van der Waals surface area (Å²) in [7, 11) is -0.887. The third-order valence-corrected chi connectivity index (χ3v) is 5.10. The molecule has 0 amide bonds. The van der Waals surface area contributed by atoms with Gasteiger partial charge < -0.3 is 10.3 Å². The lowest BCUT2D eigenvalue weighted by Gasteiger charge is -2.18. The molecule has 0 aromatic carbocycles. The lowest BCUT2D eigenvalue weighted by Crippen LogP contribution is -2.41. The van der Waals surface area contributed by atoms with Gasteiger partial charge in [-0.1, -0.05) is 32.9 Å². The van der Waals surface area contributed by atoms with E-state index >= 15 is 0 Å². The summed E-state index contributed by atoms with van der Waals surface area (Å²) < 4.78 is 0. The smallest absolute Gasteiger partial charge is 0.136 e. The van der Waals surface area contributed by atoms with E-state index < -0.39 is 8.96 Å². The van der Waals surface area contributed by atoms with Crippen molar-refractivity contribution in [1.29, 1.82) is 0 Å². The standard InChI is InChI=1S/C9H22N2Si/c1-5-9(4)12(7-3)11-8-10-6-2/h7,9-12H,3,5-6,8H2,1-2,4H3. The largest absolute Gasteiger partial charge is 0.324 e. The van der Waals surface area contributed by atoms with E-state index in [4.69, 9.17) is 0 Å². The minimum absolute atomic E-state index is 0.807. The van der Waals surface area contributed by atoms with Crippen molar-refractivity contribution in [2.24, 2.45) is 0 Å². The molecule has 0 fully saturated rings. The second-order valence-electron chi connectivity index (χ2n) is 3.13. The van der Waals surface area contributed by atoms with Gasteiger partial charge in [0, 0.05) is 6.67 Å². The molecule has 0 aliphatic carbocycles. The second kappa shape index (κ2) is 7.52. The van der Waals surface area contributed by atoms with Gasteiger partial charge in [-0.2, -0.15) is 0 Å². The lowest BCUT2D eigenvalue weighted by atomic mass is 10.4. The highest BCUT2D eigenvalue weighted by atomic mass is 28.3. The van der Waals surface area contributed by atoms with Crippen LogP contribution in [0.4, 0.5) is 0 Å². The highest BCUT2D eigenvalue weighted by Crippen LogP contribution is 2.11. The number of hydrogen-bond acceptors (Lipinski definition) is 2. The van der Waals surface area contributed by atoms with E-state index in [9.17, 15) is 0 Å². The zero-order chi connectivity index (χ0) is 9.40. The molecule has 2 atom stereocenters. The summed E-state index contributed by atoms with van der Waals surface area (Å²) in [5.74, 6) is 0. The van der Waals surface area contributed by atoms with Gasteiger partial charge in [0.2, 0.25) is 0 Å². The minimum Gasteiger partial charge on any atom is -0.324 e. The Hall–Kier alpha value is -0.123. The average Bonchev–Trinajstić information content (AvgIpc) is 2.11. The Morgan fingerprint density at radius 1 is 1.50 bits per heavy atom. The van der Waals surface area contributed by atoms with Crippen molar-refractivity contribution in [3.05, 3.63) is 12.3 Å². The van der Waals surface area contributed by atoms with Crippen LogP contribution < -0.4 is 10.3 Å². The molecule has 2 N–H and O–H groups in total. The molecule has 72 valence electrons. The number of rotatable bonds is 7. The van der Waals surface area contributed by atoms with Gasteiger partial charge in [-0.3, -0.25) is 0 Å². The van der Waals surface area contributed by atoms with E-state index in [0.717, 1.165) is 18.8 Å². The molecule has 0 bridgehead atoms. The normalized spacial score (nSPS) is 15.6. The van der Waals surface area contributed by atoms with Crippen molar-refractivity contribution < 1.29 is 0 Å². The van der Waals surface area contributed by atoms with Gasteiger partial charge in [-0.25, -0.2) is 0 Å². The molecule has 0 radical (unpaired) electrons. The molecule has 0 aromatic heterocycles. The molecule has 0 saturated carbocycles. The van der Waals surface area contributed by atoms with Crippen molar-refractivity contribution in [2.75, 3.05) is 13.2 Å². The van der Waals surface area contributed by atoms with E-state index in [2.05, 4.69) is 43.3 Å². The molecule has 2 unspecified atom stereocenters. The van der Waals surface area contributed by atoms with Gasteiger partial charge in [0.1, 0.15) is 8.96 Å². The van der Waals surface area contributed by atoms with E-state index in [1.165, 1.54) is 6.42 Å². The summed E-state index contributed by atoms with van der Waals surface area (Å²) in [6.07, 6.45) is 1.25. The Morgan fingerprint density at radius 2 is 2.17 bits per heavy atom. The van der Waals surface area contributed by atoms with Gasteiger partial charge in [0.15, 0.2) is 0 Å². The summed E-state index contributed by atoms with van der Waals surface area (Å²) >= 11 is 0. The maximum absolute atomic E-state index is 3.88. The predicted octanol–water partition coefficient (Wildman–Crippen LogP) is 1.39. The van der Waals surface area contributed by atoms with Gasteiger partial charge in [0.25, 0.3) is 0 Å². The first-order chi connectivity index (χ1) is 5.76. The highest BCUT2D eigenvalue weighted by molar-refractivity contribution is 6.63. The summed E-state index contributed by atoms with van der Waals surface area (Å²) in [5.41, 5.74) is 2.94. The lowest BCUT2D eigenvalue weighted by molar-refractivity contribution is 0.688. The summed E-state index contributed by atoms with van der Waals surface area (Å²) in [6.45, 7) is 12.5. The first-order valence-electron chi connectivity index (χ1n) is 4.82. The van der Waals surface area contributed by atoms with Crippen LogP contribution in [0.3, 0.4) is 0 Å². The van der Waals surface area contributed by atoms with Crippen molar-refractivity contribution in [3.8, 4) is 0 Å². The summed E-state index contributed by atoms with van der Waals surface area (Å²) in [6, 6.07) is 0. The SMILES string of the molecule is C=C[SiH](NCNCC)C(C)CC. The van der Waals surface area contributed by atoms with Crippen LogP contribution in [0.15, 0.2) is 12.3 Å². The third kappa shape index (κ3) is 4.69. The average molecular weight is 186 g/mol. The Kier molecular flexibility index (Phi) is 7.44. The highest BCUT2D eigenvalue weighted by Gasteiger charge is 2.12. The fourth-order valence-electron chi connectivity index (χ4n) is 1.09. The van der Waals surface area contributed by atoms with Crippen LogP contribution in [0.1, 0.15) is 27.2 Å². The minimum atomic E-state index is -0.887. The fourth-order valence-corrected chi connectivity index (χ4v) is 3.01. The third-order valence-electron chi connectivity index (χ3n) is 2.22. The number of hydrogen-bond donors (Lipinski definition) is 2. The molecule has 2 nitrogen and oxygen atoms in total. The molecular formula is C9H22N2Si.